The van der Waals surface area contributed by atoms with Crippen molar-refractivity contribution in [2.45, 2.75) is 154 Å². The smallest absolute Gasteiger partial charge is 0.335 e. The van der Waals surface area contributed by atoms with E-state index in [0.717, 1.165) is 0 Å². The lowest BCUT2D eigenvalue weighted by atomic mass is 9.95. The van der Waals surface area contributed by atoms with Crippen molar-refractivity contribution >= 4 is 5.97 Å². The van der Waals surface area contributed by atoms with E-state index in [-0.39, 0.29) is 0 Å². The van der Waals surface area contributed by atoms with Crippen LogP contribution in [0.2, 0.25) is 0 Å². The van der Waals surface area contributed by atoms with E-state index in [1.54, 1.807) is 0 Å². The maximum atomic E-state index is 12.2. The molecule has 0 amide bonds. The fraction of sp³-hybridized carbons (Fsp3) is 0.967. The van der Waals surface area contributed by atoms with Gasteiger partial charge >= 0.3 is 5.97 Å². The van der Waals surface area contributed by atoms with Gasteiger partial charge in [0, 0.05) is 0 Å². The number of aliphatic carboxylic acids is 1. The van der Waals surface area contributed by atoms with Crippen molar-refractivity contribution in [1.29, 1.82) is 0 Å². The van der Waals surface area contributed by atoms with E-state index in [0.29, 0.717) is 0 Å². The molecule has 332 valence electrons. The SMILES string of the molecule is O=C(O)[C@H]1O[C@@H](O[C@H]2[C@H](O)[C@@H](O)[C@H](O[C@H]3[C@H](O)[C@@H](O)[C@@H](O[C@@H]4[C@H](O)[C@@H](O)[C@@H](O)O[C@@H]4CO)O[C@@H]3CO)O[C@@H]2CO)[C@H](O)[C@@H](O)[C@@H]1O[C@H]1O[C@H](CO)[C@H](O)[C@H](O)[C@H]1O. The number of aliphatic hydroxyl groups is 16. The first-order valence-corrected chi connectivity index (χ1v) is 17.6. The minimum Gasteiger partial charge on any atom is -0.479 e. The quantitative estimate of drug-likeness (QED) is 0.0818. The summed E-state index contributed by atoms with van der Waals surface area (Å²) in [6.45, 7) is -3.76. The first kappa shape index (κ1) is 46.5. The van der Waals surface area contributed by atoms with Gasteiger partial charge in [0.2, 0.25) is 0 Å². The molecule has 0 aliphatic carbocycles. The topological polar surface area (TPSA) is 444 Å². The highest BCUT2D eigenvalue weighted by Crippen LogP contribution is 2.35. The van der Waals surface area contributed by atoms with E-state index in [1.165, 1.54) is 0 Å². The maximum Gasteiger partial charge on any atom is 0.335 e. The summed E-state index contributed by atoms with van der Waals surface area (Å²) < 4.78 is 48.4. The molecule has 0 aromatic carbocycles. The lowest BCUT2D eigenvalue weighted by molar-refractivity contribution is -0.390. The fourth-order valence-corrected chi connectivity index (χ4v) is 7.00. The van der Waals surface area contributed by atoms with Crippen LogP contribution < -0.4 is 0 Å². The fourth-order valence-electron chi connectivity index (χ4n) is 7.00. The number of aliphatic hydroxyl groups excluding tert-OH is 16. The van der Waals surface area contributed by atoms with Crippen molar-refractivity contribution in [3.63, 3.8) is 0 Å². The number of carboxylic acids is 1. The average molecular weight is 843 g/mol. The Morgan fingerprint density at radius 2 is 0.684 bits per heavy atom. The lowest BCUT2D eigenvalue weighted by Crippen LogP contribution is -2.68. The van der Waals surface area contributed by atoms with Gasteiger partial charge in [0.15, 0.2) is 37.6 Å². The van der Waals surface area contributed by atoms with Crippen LogP contribution in [0.15, 0.2) is 0 Å². The molecular formula is C30H50O27. The third kappa shape index (κ3) is 9.38. The Bertz CT molecular complexity index is 1280. The van der Waals surface area contributed by atoms with Gasteiger partial charge in [-0.2, -0.15) is 0 Å². The van der Waals surface area contributed by atoms with Crippen LogP contribution >= 0.6 is 0 Å². The molecule has 0 spiro atoms. The normalized spacial score (nSPS) is 52.4. The van der Waals surface area contributed by atoms with Crippen LogP contribution in [0.5, 0.6) is 0 Å². The molecule has 5 fully saturated rings. The summed E-state index contributed by atoms with van der Waals surface area (Å²) in [4.78, 5) is 12.2. The van der Waals surface area contributed by atoms with E-state index in [1.807, 2.05) is 0 Å². The van der Waals surface area contributed by atoms with E-state index in [4.69, 9.17) is 42.6 Å². The Morgan fingerprint density at radius 3 is 1.09 bits per heavy atom. The summed E-state index contributed by atoms with van der Waals surface area (Å²) >= 11 is 0. The zero-order chi connectivity index (χ0) is 42.2. The van der Waals surface area contributed by atoms with Crippen LogP contribution in [-0.2, 0) is 47.4 Å². The molecule has 5 rings (SSSR count). The Balaban J connectivity index is 1.24. The second-order valence-electron chi connectivity index (χ2n) is 14.0. The predicted molar refractivity (Wildman–Crippen MR) is 167 cm³/mol. The molecule has 0 unspecified atom stereocenters. The third-order valence-electron chi connectivity index (χ3n) is 10.3. The second kappa shape index (κ2) is 19.5. The molecule has 17 N–H and O–H groups in total. The Morgan fingerprint density at radius 1 is 0.368 bits per heavy atom. The average Bonchev–Trinajstić information content (AvgIpc) is 3.19. The molecule has 5 heterocycles. The van der Waals surface area contributed by atoms with Gasteiger partial charge in [-0.05, 0) is 0 Å². The molecule has 0 bridgehead atoms. The number of hydrogen-bond donors (Lipinski definition) is 17. The highest BCUT2D eigenvalue weighted by atomic mass is 16.8. The summed E-state index contributed by atoms with van der Waals surface area (Å²) in [7, 11) is 0. The van der Waals surface area contributed by atoms with Gasteiger partial charge in [0.1, 0.15) is 116 Å². The summed E-state index contributed by atoms with van der Waals surface area (Å²) in [6, 6.07) is 0. The summed E-state index contributed by atoms with van der Waals surface area (Å²) in [5.74, 6) is -1.84. The molecule has 5 saturated heterocycles. The standard InChI is InChI=1S/C30H50O27/c31-1-5-9(35)10(36)16(42)27(50-5)56-23-14(40)19(45)30(57-24(23)25(46)47)55-22-8(4-34)52-29(18(44)13(22)39)54-21-7(3-33)51-28(17(43)12(21)38)53-20-6(2-32)49-26(48)15(41)11(20)37/h5-24,26-45,48H,1-4H2,(H,46,47)/t5-,6-,7-,8-,9+,10+,11-,12-,13-,14-,15-,16-,17-,18-,19-,20+,21-,22-,23+,24+,26+,27-,28-,29+,30-/m1/s1. The summed E-state index contributed by atoms with van der Waals surface area (Å²) in [5, 5.41) is 175. The zero-order valence-corrected chi connectivity index (χ0v) is 29.4. The van der Waals surface area contributed by atoms with Gasteiger partial charge in [-0.3, -0.25) is 0 Å². The highest BCUT2D eigenvalue weighted by Gasteiger charge is 2.57. The molecule has 27 nitrogen and oxygen atoms in total. The third-order valence-corrected chi connectivity index (χ3v) is 10.3. The van der Waals surface area contributed by atoms with E-state index >= 15 is 0 Å². The number of ether oxygens (including phenoxy) is 9. The van der Waals surface area contributed by atoms with Crippen LogP contribution in [0.3, 0.4) is 0 Å². The van der Waals surface area contributed by atoms with E-state index in [2.05, 4.69) is 0 Å². The molecule has 0 aromatic heterocycles. The van der Waals surface area contributed by atoms with Gasteiger partial charge < -0.3 is 129 Å². The Labute approximate surface area is 320 Å². The van der Waals surface area contributed by atoms with E-state index in [9.17, 15) is 91.6 Å². The van der Waals surface area contributed by atoms with Crippen LogP contribution in [0.1, 0.15) is 0 Å². The van der Waals surface area contributed by atoms with Gasteiger partial charge in [0.05, 0.1) is 26.4 Å². The predicted octanol–water partition coefficient (Wildman–Crippen LogP) is -11.8. The van der Waals surface area contributed by atoms with Gasteiger partial charge in [0.25, 0.3) is 0 Å². The molecule has 5 aliphatic rings. The largest absolute Gasteiger partial charge is 0.479 e. The first-order valence-electron chi connectivity index (χ1n) is 17.6. The lowest BCUT2D eigenvalue weighted by Gasteiger charge is -2.49. The molecule has 0 saturated carbocycles. The van der Waals surface area contributed by atoms with Crippen molar-refractivity contribution in [2.24, 2.45) is 0 Å². The van der Waals surface area contributed by atoms with Crippen LogP contribution in [0.25, 0.3) is 0 Å². The monoisotopic (exact) mass is 842 g/mol. The molecule has 0 aromatic rings. The molecule has 57 heavy (non-hydrogen) atoms. The van der Waals surface area contributed by atoms with Gasteiger partial charge in [-0.25, -0.2) is 4.79 Å². The summed E-state index contributed by atoms with van der Waals surface area (Å²) in [6.07, 6.45) is -48.7. The maximum absolute atomic E-state index is 12.2. The Kier molecular flexibility index (Phi) is 15.9. The molecule has 5 aliphatic heterocycles. The zero-order valence-electron chi connectivity index (χ0n) is 29.4. The van der Waals surface area contributed by atoms with Crippen LogP contribution in [0.4, 0.5) is 0 Å². The van der Waals surface area contributed by atoms with Crippen molar-refractivity contribution in [2.75, 3.05) is 26.4 Å². The number of carboxylic acid groups (broad SMARTS) is 1. The van der Waals surface area contributed by atoms with Crippen LogP contribution in [-0.4, -0.2) is 273 Å². The van der Waals surface area contributed by atoms with Crippen LogP contribution in [0, 0.1) is 0 Å². The first-order chi connectivity index (χ1) is 26.9. The van der Waals surface area contributed by atoms with Crippen molar-refractivity contribution in [3.8, 4) is 0 Å². The molecule has 25 atom stereocenters. The molecule has 27 heteroatoms. The molecular weight excluding hydrogens is 792 g/mol. The number of rotatable bonds is 13. The second-order valence-corrected chi connectivity index (χ2v) is 14.0. The minimum absolute atomic E-state index is 0.852. The Hall–Kier alpha value is -1.53. The summed E-state index contributed by atoms with van der Waals surface area (Å²) in [5.41, 5.74) is 0. The van der Waals surface area contributed by atoms with Crippen molar-refractivity contribution in [1.82, 2.24) is 0 Å². The van der Waals surface area contributed by atoms with E-state index < -0.39 is 186 Å². The van der Waals surface area contributed by atoms with Crippen molar-refractivity contribution < 1.29 is 134 Å². The molecule has 0 radical (unpaired) electrons. The van der Waals surface area contributed by atoms with Crippen molar-refractivity contribution in [3.05, 3.63) is 0 Å². The minimum atomic E-state index is -2.25. The number of carbonyl (C=O) groups is 1. The van der Waals surface area contributed by atoms with Gasteiger partial charge in [-0.15, -0.1) is 0 Å². The number of hydrogen-bond acceptors (Lipinski definition) is 26. The highest BCUT2D eigenvalue weighted by molar-refractivity contribution is 5.73. The van der Waals surface area contributed by atoms with Gasteiger partial charge in [-0.1, -0.05) is 0 Å².